The first-order valence-corrected chi connectivity index (χ1v) is 9.05. The van der Waals surface area contributed by atoms with E-state index in [0.29, 0.717) is 17.3 Å². The number of sulfone groups is 1. The fourth-order valence-electron chi connectivity index (χ4n) is 1.79. The Kier molecular flexibility index (Phi) is 7.69. The van der Waals surface area contributed by atoms with Gasteiger partial charge in [-0.2, -0.15) is 8.78 Å². The maximum atomic E-state index is 12.5. The van der Waals surface area contributed by atoms with Gasteiger partial charge in [0.15, 0.2) is 5.96 Å². The van der Waals surface area contributed by atoms with Crippen molar-refractivity contribution in [1.82, 2.24) is 10.6 Å². The van der Waals surface area contributed by atoms with E-state index in [1.54, 1.807) is 6.07 Å². The van der Waals surface area contributed by atoms with Gasteiger partial charge in [0.25, 0.3) is 0 Å². The van der Waals surface area contributed by atoms with E-state index in [1.165, 1.54) is 26.3 Å². The summed E-state index contributed by atoms with van der Waals surface area (Å²) in [5.41, 5.74) is 0.445. The zero-order valence-corrected chi connectivity index (χ0v) is 14.5. The number of benzene rings is 1. The van der Waals surface area contributed by atoms with Crippen LogP contribution in [0.25, 0.3) is 0 Å². The zero-order valence-electron chi connectivity index (χ0n) is 13.7. The number of nitrogens with one attached hydrogen (secondary N) is 2. The molecule has 2 N–H and O–H groups in total. The molecule has 0 bridgehead atoms. The lowest BCUT2D eigenvalue weighted by Crippen LogP contribution is -2.39. The molecule has 0 unspecified atom stereocenters. The van der Waals surface area contributed by atoms with Crippen LogP contribution in [0.2, 0.25) is 0 Å². The first-order valence-electron chi connectivity index (χ1n) is 6.99. The van der Waals surface area contributed by atoms with Gasteiger partial charge >= 0.3 is 6.61 Å². The standard InChI is InChI=1S/C14H21F2N3O4S/c1-17-14(18-6-7-24(3,20)21)19-9-10-8-11(22-2)4-5-12(10)23-13(15)16/h4-5,8,13H,6-7,9H2,1-3H3,(H2,17,18,19). The van der Waals surface area contributed by atoms with Crippen molar-refractivity contribution in [1.29, 1.82) is 0 Å². The third kappa shape index (κ3) is 7.44. The van der Waals surface area contributed by atoms with Crippen LogP contribution in [0.1, 0.15) is 5.56 Å². The van der Waals surface area contributed by atoms with Crippen molar-refractivity contribution in [2.45, 2.75) is 13.2 Å². The highest BCUT2D eigenvalue weighted by Crippen LogP contribution is 2.25. The maximum absolute atomic E-state index is 12.5. The van der Waals surface area contributed by atoms with Crippen LogP contribution in [0, 0.1) is 0 Å². The van der Waals surface area contributed by atoms with Crippen molar-refractivity contribution >= 4 is 15.8 Å². The fraction of sp³-hybridized carbons (Fsp3) is 0.500. The number of guanidine groups is 1. The van der Waals surface area contributed by atoms with E-state index in [-0.39, 0.29) is 24.6 Å². The summed E-state index contributed by atoms with van der Waals surface area (Å²) in [4.78, 5) is 3.94. The Morgan fingerprint density at radius 2 is 2.04 bits per heavy atom. The summed E-state index contributed by atoms with van der Waals surface area (Å²) in [7, 11) is -0.113. The Hall–Kier alpha value is -2.10. The largest absolute Gasteiger partial charge is 0.497 e. The Morgan fingerprint density at radius 1 is 1.33 bits per heavy atom. The molecule has 0 heterocycles. The highest BCUT2D eigenvalue weighted by Gasteiger charge is 2.12. The normalized spacial score (nSPS) is 12.2. The summed E-state index contributed by atoms with van der Waals surface area (Å²) in [6.07, 6.45) is 1.13. The molecule has 0 spiro atoms. The zero-order chi connectivity index (χ0) is 18.2. The van der Waals surface area contributed by atoms with E-state index in [4.69, 9.17) is 4.74 Å². The number of hydrogen-bond acceptors (Lipinski definition) is 5. The van der Waals surface area contributed by atoms with Crippen molar-refractivity contribution in [3.8, 4) is 11.5 Å². The number of hydrogen-bond donors (Lipinski definition) is 2. The van der Waals surface area contributed by atoms with E-state index in [0.717, 1.165) is 6.26 Å². The number of aliphatic imine (C=N–C) groups is 1. The molecule has 0 aliphatic heterocycles. The summed E-state index contributed by atoms with van der Waals surface area (Å²) >= 11 is 0. The van der Waals surface area contributed by atoms with Gasteiger partial charge in [-0.15, -0.1) is 0 Å². The highest BCUT2D eigenvalue weighted by molar-refractivity contribution is 7.90. The van der Waals surface area contributed by atoms with Crippen LogP contribution in [0.4, 0.5) is 8.78 Å². The van der Waals surface area contributed by atoms with Crippen LogP contribution in [0.5, 0.6) is 11.5 Å². The Bertz CT molecular complexity index is 666. The van der Waals surface area contributed by atoms with E-state index in [1.807, 2.05) is 0 Å². The molecule has 136 valence electrons. The molecule has 0 amide bonds. The van der Waals surface area contributed by atoms with Gasteiger partial charge in [-0.25, -0.2) is 8.42 Å². The molecule has 0 aliphatic rings. The minimum atomic E-state index is -3.09. The summed E-state index contributed by atoms with van der Waals surface area (Å²) in [6, 6.07) is 4.47. The lowest BCUT2D eigenvalue weighted by molar-refractivity contribution is -0.0505. The summed E-state index contributed by atoms with van der Waals surface area (Å²) in [6.45, 7) is -2.63. The molecular weight excluding hydrogens is 344 g/mol. The average molecular weight is 365 g/mol. The monoisotopic (exact) mass is 365 g/mol. The molecule has 7 nitrogen and oxygen atoms in total. The Labute approximate surface area is 140 Å². The molecule has 1 aromatic rings. The predicted molar refractivity (Wildman–Crippen MR) is 87.5 cm³/mol. The number of methoxy groups -OCH3 is 1. The maximum Gasteiger partial charge on any atom is 0.387 e. The van der Waals surface area contributed by atoms with Gasteiger partial charge in [0.05, 0.1) is 12.9 Å². The Balaban J connectivity index is 2.72. The number of ether oxygens (including phenoxy) is 2. The third-order valence-electron chi connectivity index (χ3n) is 2.92. The summed E-state index contributed by atoms with van der Waals surface area (Å²) in [5, 5.41) is 5.73. The van der Waals surface area contributed by atoms with Gasteiger partial charge in [0, 0.05) is 32.0 Å². The molecule has 1 aromatic carbocycles. The van der Waals surface area contributed by atoms with Gasteiger partial charge in [0.2, 0.25) is 0 Å². The molecular formula is C14H21F2N3O4S. The lowest BCUT2D eigenvalue weighted by Gasteiger charge is -2.15. The second kappa shape index (κ2) is 9.26. The minimum absolute atomic E-state index is 0.0184. The van der Waals surface area contributed by atoms with Gasteiger partial charge in [0.1, 0.15) is 21.3 Å². The van der Waals surface area contributed by atoms with Crippen LogP contribution in [-0.2, 0) is 16.4 Å². The van der Waals surface area contributed by atoms with Crippen LogP contribution in [0.15, 0.2) is 23.2 Å². The van der Waals surface area contributed by atoms with E-state index < -0.39 is 16.4 Å². The van der Waals surface area contributed by atoms with Crippen molar-refractivity contribution in [2.24, 2.45) is 4.99 Å². The fourth-order valence-corrected chi connectivity index (χ4v) is 2.26. The summed E-state index contributed by atoms with van der Waals surface area (Å²) in [5.74, 6) is 0.801. The second-order valence-electron chi connectivity index (χ2n) is 4.83. The number of rotatable bonds is 8. The lowest BCUT2D eigenvalue weighted by atomic mass is 10.2. The van der Waals surface area contributed by atoms with Gasteiger partial charge in [-0.1, -0.05) is 0 Å². The topological polar surface area (TPSA) is 89.0 Å². The second-order valence-corrected chi connectivity index (χ2v) is 7.09. The van der Waals surface area contributed by atoms with E-state index >= 15 is 0 Å². The quantitative estimate of drug-likeness (QED) is 0.528. The SMILES string of the molecule is CN=C(NCCS(C)(=O)=O)NCc1cc(OC)ccc1OC(F)F. The number of alkyl halides is 2. The number of halogens is 2. The highest BCUT2D eigenvalue weighted by atomic mass is 32.2. The van der Waals surface area contributed by atoms with Crippen LogP contribution < -0.4 is 20.1 Å². The average Bonchev–Trinajstić information content (AvgIpc) is 2.50. The first-order chi connectivity index (χ1) is 11.2. The van der Waals surface area contributed by atoms with Crippen LogP contribution in [0.3, 0.4) is 0 Å². The van der Waals surface area contributed by atoms with E-state index in [9.17, 15) is 17.2 Å². The molecule has 10 heteroatoms. The molecule has 0 aliphatic carbocycles. The van der Waals surface area contributed by atoms with Gasteiger partial charge in [-0.05, 0) is 18.2 Å². The van der Waals surface area contributed by atoms with Crippen molar-refractivity contribution < 1.29 is 26.7 Å². The molecule has 1 rings (SSSR count). The molecule has 0 fully saturated rings. The van der Waals surface area contributed by atoms with Crippen molar-refractivity contribution in [3.05, 3.63) is 23.8 Å². The van der Waals surface area contributed by atoms with Crippen molar-refractivity contribution in [3.63, 3.8) is 0 Å². The van der Waals surface area contributed by atoms with Crippen LogP contribution >= 0.6 is 0 Å². The number of nitrogens with zero attached hydrogens (tertiary/aromatic N) is 1. The van der Waals surface area contributed by atoms with Gasteiger partial charge < -0.3 is 20.1 Å². The Morgan fingerprint density at radius 3 is 2.58 bits per heavy atom. The molecule has 0 saturated heterocycles. The van der Waals surface area contributed by atoms with Crippen molar-refractivity contribution in [2.75, 3.05) is 32.7 Å². The smallest absolute Gasteiger partial charge is 0.387 e. The molecule has 0 radical (unpaired) electrons. The minimum Gasteiger partial charge on any atom is -0.497 e. The van der Waals surface area contributed by atoms with Gasteiger partial charge in [-0.3, -0.25) is 4.99 Å². The molecule has 24 heavy (non-hydrogen) atoms. The predicted octanol–water partition coefficient (Wildman–Crippen LogP) is 1.01. The first kappa shape index (κ1) is 19.9. The molecule has 0 aromatic heterocycles. The van der Waals surface area contributed by atoms with E-state index in [2.05, 4.69) is 20.4 Å². The molecule has 0 atom stereocenters. The molecule has 0 saturated carbocycles. The summed E-state index contributed by atoms with van der Waals surface area (Å²) < 4.78 is 56.6. The van der Waals surface area contributed by atoms with Crippen LogP contribution in [-0.4, -0.2) is 53.7 Å². The third-order valence-corrected chi connectivity index (χ3v) is 3.86.